The number of halogens is 4. The lowest BCUT2D eigenvalue weighted by molar-refractivity contribution is -0.137. The van der Waals surface area contributed by atoms with E-state index in [4.69, 9.17) is 4.74 Å². The molecule has 0 radical (unpaired) electrons. The van der Waals surface area contributed by atoms with Crippen molar-refractivity contribution in [2.45, 2.75) is 55.7 Å². The fraction of sp³-hybridized carbons (Fsp3) is 0.667. The largest absolute Gasteiger partial charge is 0.416 e. The third-order valence-corrected chi connectivity index (χ3v) is 6.73. The predicted octanol–water partition coefficient (Wildman–Crippen LogP) is 4.73. The first-order chi connectivity index (χ1) is 12.7. The van der Waals surface area contributed by atoms with Crippen LogP contribution in [-0.4, -0.2) is 33.0 Å². The molecule has 0 bridgehead atoms. The Morgan fingerprint density at radius 3 is 2.26 bits per heavy atom. The van der Waals surface area contributed by atoms with Crippen LogP contribution in [0, 0.1) is 5.92 Å². The average Bonchev–Trinajstić information content (AvgIpc) is 2.64. The maximum atomic E-state index is 12.6. The van der Waals surface area contributed by atoms with Gasteiger partial charge >= 0.3 is 6.18 Å². The van der Waals surface area contributed by atoms with E-state index in [0.717, 1.165) is 74.7 Å². The van der Waals surface area contributed by atoms with Gasteiger partial charge in [0.25, 0.3) is 0 Å². The Morgan fingerprint density at radius 2 is 1.70 bits per heavy atom. The van der Waals surface area contributed by atoms with Crippen LogP contribution in [0.3, 0.4) is 0 Å². The van der Waals surface area contributed by atoms with Crippen LogP contribution in [0.2, 0.25) is 0 Å². The van der Waals surface area contributed by atoms with Crippen LogP contribution in [0.1, 0.15) is 44.1 Å². The molecule has 0 atom stereocenters. The Labute approximate surface area is 167 Å². The summed E-state index contributed by atoms with van der Waals surface area (Å²) in [6.45, 7) is 1.04. The van der Waals surface area contributed by atoms with Crippen molar-refractivity contribution in [2.24, 2.45) is 5.92 Å². The zero-order chi connectivity index (χ0) is 19.9. The minimum absolute atomic E-state index is 0.153. The minimum Gasteiger partial charge on any atom is -0.378 e. The summed E-state index contributed by atoms with van der Waals surface area (Å²) >= 11 is 3.38. The molecule has 0 heterocycles. The number of hydrogen-bond acceptors (Lipinski definition) is 3. The van der Waals surface area contributed by atoms with Crippen molar-refractivity contribution in [1.29, 1.82) is 0 Å². The number of hydrogen-bond donors (Lipinski definition) is 1. The lowest BCUT2D eigenvalue weighted by atomic mass is 9.87. The second kappa shape index (κ2) is 10.2. The summed E-state index contributed by atoms with van der Waals surface area (Å²) in [4.78, 5) is -0.153. The van der Waals surface area contributed by atoms with Gasteiger partial charge in [0.15, 0.2) is 0 Å². The fourth-order valence-electron chi connectivity index (χ4n) is 3.08. The molecule has 0 saturated heterocycles. The molecule has 27 heavy (non-hydrogen) atoms. The van der Waals surface area contributed by atoms with Crippen LogP contribution in [0.4, 0.5) is 13.2 Å². The molecular weight excluding hydrogens is 447 g/mol. The normalized spacial score (nSPS) is 21.3. The zero-order valence-corrected chi connectivity index (χ0v) is 17.4. The van der Waals surface area contributed by atoms with Crippen molar-refractivity contribution in [3.8, 4) is 0 Å². The molecule has 0 spiro atoms. The van der Waals surface area contributed by atoms with Gasteiger partial charge in [-0.05, 0) is 68.7 Å². The first-order valence-corrected chi connectivity index (χ1v) is 11.7. The number of rotatable bonds is 9. The summed E-state index contributed by atoms with van der Waals surface area (Å²) in [6.07, 6.45) is 1.42. The van der Waals surface area contributed by atoms with Gasteiger partial charge < -0.3 is 4.74 Å². The summed E-state index contributed by atoms with van der Waals surface area (Å²) < 4.78 is 70.7. The standard InChI is InChI=1S/C18H25BrF3NO3S/c19-11-1-2-12-26-16-7-3-14(4-8-16)13-23-27(24,25)17-9-5-15(6-10-17)18(20,21)22/h5-6,9-10,14,16,23H,1-4,7-8,11-13H2. The molecular formula is C18H25BrF3NO3S. The molecule has 1 aromatic rings. The molecule has 1 aliphatic carbocycles. The monoisotopic (exact) mass is 471 g/mol. The molecule has 0 unspecified atom stereocenters. The van der Waals surface area contributed by atoms with Gasteiger partial charge in [-0.25, -0.2) is 13.1 Å². The van der Waals surface area contributed by atoms with Crippen molar-refractivity contribution < 1.29 is 26.3 Å². The van der Waals surface area contributed by atoms with Crippen molar-refractivity contribution >= 4 is 26.0 Å². The van der Waals surface area contributed by atoms with Gasteiger partial charge in [0.2, 0.25) is 10.0 Å². The lowest BCUT2D eigenvalue weighted by Crippen LogP contribution is -2.32. The SMILES string of the molecule is O=S(=O)(NCC1CCC(OCCCCBr)CC1)c1ccc(C(F)(F)F)cc1. The molecule has 1 aliphatic rings. The van der Waals surface area contributed by atoms with Crippen molar-refractivity contribution in [3.63, 3.8) is 0 Å². The topological polar surface area (TPSA) is 55.4 Å². The second-order valence-electron chi connectivity index (χ2n) is 6.78. The summed E-state index contributed by atoms with van der Waals surface area (Å²) in [6, 6.07) is 3.55. The van der Waals surface area contributed by atoms with Crippen LogP contribution < -0.4 is 4.72 Å². The molecule has 4 nitrogen and oxygen atoms in total. The van der Waals surface area contributed by atoms with E-state index in [1.807, 2.05) is 0 Å². The first-order valence-electron chi connectivity index (χ1n) is 9.07. The van der Waals surface area contributed by atoms with E-state index >= 15 is 0 Å². The van der Waals surface area contributed by atoms with Gasteiger partial charge in [0, 0.05) is 18.5 Å². The summed E-state index contributed by atoms with van der Waals surface area (Å²) in [5, 5.41) is 0.974. The summed E-state index contributed by atoms with van der Waals surface area (Å²) in [5.74, 6) is 0.219. The quantitative estimate of drug-likeness (QED) is 0.418. The molecule has 0 amide bonds. The number of nitrogens with one attached hydrogen (secondary N) is 1. The molecule has 9 heteroatoms. The zero-order valence-electron chi connectivity index (χ0n) is 15.0. The van der Waals surface area contributed by atoms with Gasteiger partial charge in [-0.15, -0.1) is 0 Å². The van der Waals surface area contributed by atoms with Gasteiger partial charge in [-0.1, -0.05) is 15.9 Å². The molecule has 0 aromatic heterocycles. The Kier molecular flexibility index (Phi) is 8.58. The van der Waals surface area contributed by atoms with Gasteiger partial charge in [-0.3, -0.25) is 0 Å². The highest BCUT2D eigenvalue weighted by molar-refractivity contribution is 9.09. The van der Waals surface area contributed by atoms with Crippen LogP contribution in [-0.2, 0) is 20.9 Å². The Balaban J connectivity index is 1.77. The number of unbranched alkanes of at least 4 members (excludes halogenated alkanes) is 1. The van der Waals surface area contributed by atoms with E-state index in [9.17, 15) is 21.6 Å². The van der Waals surface area contributed by atoms with Crippen LogP contribution in [0.25, 0.3) is 0 Å². The van der Waals surface area contributed by atoms with E-state index in [1.165, 1.54) is 0 Å². The first kappa shape index (κ1) is 22.6. The molecule has 1 aromatic carbocycles. The van der Waals surface area contributed by atoms with E-state index in [1.54, 1.807) is 0 Å². The summed E-state index contributed by atoms with van der Waals surface area (Å²) in [5.41, 5.74) is -0.865. The predicted molar refractivity (Wildman–Crippen MR) is 101 cm³/mol. The number of ether oxygens (including phenoxy) is 1. The third-order valence-electron chi connectivity index (χ3n) is 4.73. The van der Waals surface area contributed by atoms with Gasteiger partial charge in [-0.2, -0.15) is 13.2 Å². The Bertz CT molecular complexity index is 672. The highest BCUT2D eigenvalue weighted by atomic mass is 79.9. The number of benzene rings is 1. The summed E-state index contributed by atoms with van der Waals surface area (Å²) in [7, 11) is -3.81. The molecule has 154 valence electrons. The maximum absolute atomic E-state index is 12.6. The highest BCUT2D eigenvalue weighted by Crippen LogP contribution is 2.30. The van der Waals surface area contributed by atoms with Gasteiger partial charge in [0.1, 0.15) is 0 Å². The maximum Gasteiger partial charge on any atom is 0.416 e. The van der Waals surface area contributed by atoms with Crippen molar-refractivity contribution in [1.82, 2.24) is 4.72 Å². The average molecular weight is 472 g/mol. The molecule has 2 rings (SSSR count). The van der Waals surface area contributed by atoms with E-state index < -0.39 is 21.8 Å². The van der Waals surface area contributed by atoms with Crippen LogP contribution in [0.5, 0.6) is 0 Å². The second-order valence-corrected chi connectivity index (χ2v) is 9.34. The lowest BCUT2D eigenvalue weighted by Gasteiger charge is -2.28. The van der Waals surface area contributed by atoms with E-state index in [2.05, 4.69) is 20.7 Å². The number of sulfonamides is 1. The fourth-order valence-corrected chi connectivity index (χ4v) is 4.60. The minimum atomic E-state index is -4.48. The van der Waals surface area contributed by atoms with Crippen LogP contribution >= 0.6 is 15.9 Å². The molecule has 1 fully saturated rings. The molecule has 0 aliphatic heterocycles. The Hall–Kier alpha value is -0.640. The van der Waals surface area contributed by atoms with Crippen LogP contribution in [0.15, 0.2) is 29.2 Å². The highest BCUT2D eigenvalue weighted by Gasteiger charge is 2.31. The van der Waals surface area contributed by atoms with E-state index in [0.29, 0.717) is 6.54 Å². The van der Waals surface area contributed by atoms with Gasteiger partial charge in [0.05, 0.1) is 16.6 Å². The number of alkyl halides is 4. The Morgan fingerprint density at radius 1 is 1.07 bits per heavy atom. The molecule has 1 saturated carbocycles. The third kappa shape index (κ3) is 7.36. The smallest absolute Gasteiger partial charge is 0.378 e. The van der Waals surface area contributed by atoms with E-state index in [-0.39, 0.29) is 16.9 Å². The molecule has 1 N–H and O–H groups in total. The van der Waals surface area contributed by atoms with Crippen molar-refractivity contribution in [2.75, 3.05) is 18.5 Å². The van der Waals surface area contributed by atoms with Crippen molar-refractivity contribution in [3.05, 3.63) is 29.8 Å².